The van der Waals surface area contributed by atoms with Gasteiger partial charge in [0.15, 0.2) is 0 Å². The van der Waals surface area contributed by atoms with Gasteiger partial charge in [-0.2, -0.15) is 0 Å². The number of likely N-dealkylation sites (N-methyl/N-ethyl adjacent to an activating group) is 1. The fraction of sp³-hybridized carbons (Fsp3) is 0.353. The Labute approximate surface area is 145 Å². The zero-order valence-electron chi connectivity index (χ0n) is 13.0. The van der Waals surface area contributed by atoms with Gasteiger partial charge in [-0.15, -0.1) is 11.3 Å². The maximum Gasteiger partial charge on any atom is 0.319 e. The number of halogens is 1. The number of nitrogens with zero attached hydrogens (tertiary/aromatic N) is 1. The Kier molecular flexibility index (Phi) is 5.20. The maximum atomic E-state index is 12.1. The number of nitrogens with one attached hydrogen (secondary N) is 2. The average molecular weight is 350 g/mol. The van der Waals surface area contributed by atoms with Crippen molar-refractivity contribution in [2.75, 3.05) is 32.0 Å². The van der Waals surface area contributed by atoms with Crippen molar-refractivity contribution in [1.29, 1.82) is 0 Å². The Bertz CT molecular complexity index is 644. The number of anilines is 1. The number of carbonyl (C=O) groups excluding carboxylic acids is 1. The first kappa shape index (κ1) is 16.3. The van der Waals surface area contributed by atoms with Crippen molar-refractivity contribution in [3.63, 3.8) is 0 Å². The van der Waals surface area contributed by atoms with Crippen LogP contribution in [0.1, 0.15) is 10.8 Å². The van der Waals surface area contributed by atoms with E-state index in [1.165, 1.54) is 4.88 Å². The molecule has 0 unspecified atom stereocenters. The molecular formula is C17H20ClN3OS. The van der Waals surface area contributed by atoms with Gasteiger partial charge >= 0.3 is 6.03 Å². The van der Waals surface area contributed by atoms with Crippen molar-refractivity contribution in [3.05, 3.63) is 51.7 Å². The minimum atomic E-state index is -0.174. The summed E-state index contributed by atoms with van der Waals surface area (Å²) >= 11 is 7.64. The molecular weight excluding hydrogens is 330 g/mol. The molecule has 2 atom stereocenters. The van der Waals surface area contributed by atoms with Crippen LogP contribution in [0.25, 0.3) is 0 Å². The molecule has 4 nitrogen and oxygen atoms in total. The van der Waals surface area contributed by atoms with Crippen LogP contribution in [0.15, 0.2) is 41.8 Å². The van der Waals surface area contributed by atoms with Crippen LogP contribution in [0.3, 0.4) is 0 Å². The highest BCUT2D eigenvalue weighted by Crippen LogP contribution is 2.34. The van der Waals surface area contributed by atoms with Crippen molar-refractivity contribution < 1.29 is 4.79 Å². The molecule has 2 aromatic rings. The van der Waals surface area contributed by atoms with Gasteiger partial charge in [-0.3, -0.25) is 0 Å². The van der Waals surface area contributed by atoms with E-state index in [4.69, 9.17) is 11.6 Å². The molecule has 1 fully saturated rings. The van der Waals surface area contributed by atoms with E-state index in [-0.39, 0.29) is 6.03 Å². The number of likely N-dealkylation sites (tertiary alicyclic amines) is 1. The van der Waals surface area contributed by atoms with Crippen LogP contribution in [-0.4, -0.2) is 37.6 Å². The van der Waals surface area contributed by atoms with Gasteiger partial charge in [0.1, 0.15) is 0 Å². The van der Waals surface area contributed by atoms with Crippen LogP contribution in [-0.2, 0) is 0 Å². The molecule has 1 aromatic carbocycles. The minimum absolute atomic E-state index is 0.174. The molecule has 122 valence electrons. The number of carbonyl (C=O) groups is 1. The van der Waals surface area contributed by atoms with E-state index in [1.807, 2.05) is 0 Å². The molecule has 2 amide bonds. The van der Waals surface area contributed by atoms with E-state index >= 15 is 0 Å². The number of hydrogen-bond donors (Lipinski definition) is 2. The molecule has 1 saturated heterocycles. The third kappa shape index (κ3) is 4.25. The van der Waals surface area contributed by atoms with E-state index < -0.39 is 0 Å². The fourth-order valence-corrected chi connectivity index (χ4v) is 4.09. The quantitative estimate of drug-likeness (QED) is 0.880. The van der Waals surface area contributed by atoms with Gasteiger partial charge in [0.2, 0.25) is 0 Å². The highest BCUT2D eigenvalue weighted by molar-refractivity contribution is 7.10. The zero-order valence-corrected chi connectivity index (χ0v) is 14.5. The second kappa shape index (κ2) is 7.34. The maximum absolute atomic E-state index is 12.1. The Morgan fingerprint density at radius 3 is 2.78 bits per heavy atom. The Morgan fingerprint density at radius 1 is 1.30 bits per heavy atom. The normalized spacial score (nSPS) is 21.3. The third-order valence-electron chi connectivity index (χ3n) is 4.16. The van der Waals surface area contributed by atoms with Gasteiger partial charge < -0.3 is 15.5 Å². The topological polar surface area (TPSA) is 44.4 Å². The summed E-state index contributed by atoms with van der Waals surface area (Å²) in [6.45, 7) is 2.72. The van der Waals surface area contributed by atoms with Crippen LogP contribution in [0.4, 0.5) is 10.5 Å². The molecule has 6 heteroatoms. The highest BCUT2D eigenvalue weighted by Gasteiger charge is 2.32. The second-order valence-corrected chi connectivity index (χ2v) is 7.36. The van der Waals surface area contributed by atoms with Crippen LogP contribution in [0.2, 0.25) is 5.02 Å². The lowest BCUT2D eigenvalue weighted by Crippen LogP contribution is -2.35. The number of benzene rings is 1. The van der Waals surface area contributed by atoms with Crippen LogP contribution < -0.4 is 10.6 Å². The highest BCUT2D eigenvalue weighted by atomic mass is 35.5. The van der Waals surface area contributed by atoms with Crippen LogP contribution in [0.5, 0.6) is 0 Å². The summed E-state index contributed by atoms with van der Waals surface area (Å²) in [7, 11) is 2.13. The standard InChI is InChI=1S/C17H20ClN3OS/c1-21-10-12(15(11-21)16-3-2-8-23-16)9-19-17(22)20-14-6-4-13(18)5-7-14/h2-8,12,15H,9-11H2,1H3,(H2,19,20,22)/t12-,15+/m1/s1. The van der Waals surface area contributed by atoms with Gasteiger partial charge in [-0.1, -0.05) is 17.7 Å². The predicted octanol–water partition coefficient (Wildman–Crippen LogP) is 3.87. The van der Waals surface area contributed by atoms with Crippen LogP contribution in [0, 0.1) is 5.92 Å². The zero-order chi connectivity index (χ0) is 16.2. The van der Waals surface area contributed by atoms with Gasteiger partial charge in [-0.25, -0.2) is 4.79 Å². The molecule has 0 saturated carbocycles. The summed E-state index contributed by atoms with van der Waals surface area (Å²) in [5.74, 6) is 0.936. The first-order chi connectivity index (χ1) is 11.1. The Hall–Kier alpha value is -1.56. The smallest absolute Gasteiger partial charge is 0.319 e. The predicted molar refractivity (Wildman–Crippen MR) is 96.5 cm³/mol. The molecule has 23 heavy (non-hydrogen) atoms. The molecule has 3 rings (SSSR count). The molecule has 2 heterocycles. The van der Waals surface area contributed by atoms with Gasteiger partial charge in [-0.05, 0) is 48.7 Å². The summed E-state index contributed by atoms with van der Waals surface area (Å²) in [4.78, 5) is 15.8. The van der Waals surface area contributed by atoms with Crippen molar-refractivity contribution in [2.45, 2.75) is 5.92 Å². The average Bonchev–Trinajstić information content (AvgIpc) is 3.16. The molecule has 2 N–H and O–H groups in total. The largest absolute Gasteiger partial charge is 0.338 e. The van der Waals surface area contributed by atoms with Crippen molar-refractivity contribution in [3.8, 4) is 0 Å². The van der Waals surface area contributed by atoms with E-state index in [0.717, 1.165) is 18.8 Å². The van der Waals surface area contributed by atoms with E-state index in [0.29, 0.717) is 23.4 Å². The first-order valence-electron chi connectivity index (χ1n) is 7.64. The fourth-order valence-electron chi connectivity index (χ4n) is 3.05. The van der Waals surface area contributed by atoms with E-state index in [2.05, 4.69) is 40.1 Å². The molecule has 1 aliphatic rings. The summed E-state index contributed by atoms with van der Waals surface area (Å²) < 4.78 is 0. The SMILES string of the molecule is CN1C[C@@H](CNC(=O)Nc2ccc(Cl)cc2)[C@@H](c2cccs2)C1. The monoisotopic (exact) mass is 349 g/mol. The molecule has 1 aliphatic heterocycles. The third-order valence-corrected chi connectivity index (χ3v) is 5.42. The molecule has 0 radical (unpaired) electrons. The number of amides is 2. The lowest BCUT2D eigenvalue weighted by atomic mass is 9.94. The van der Waals surface area contributed by atoms with Gasteiger partial charge in [0, 0.05) is 41.1 Å². The number of hydrogen-bond acceptors (Lipinski definition) is 3. The number of urea groups is 1. The summed E-state index contributed by atoms with van der Waals surface area (Å²) in [5, 5.41) is 8.60. The van der Waals surface area contributed by atoms with E-state index in [1.54, 1.807) is 35.6 Å². The van der Waals surface area contributed by atoms with E-state index in [9.17, 15) is 4.79 Å². The minimum Gasteiger partial charge on any atom is -0.338 e. The van der Waals surface area contributed by atoms with Gasteiger partial charge in [0.05, 0.1) is 0 Å². The van der Waals surface area contributed by atoms with Crippen molar-refractivity contribution in [1.82, 2.24) is 10.2 Å². The Morgan fingerprint density at radius 2 is 2.09 bits per heavy atom. The number of thiophene rings is 1. The lowest BCUT2D eigenvalue weighted by Gasteiger charge is -2.18. The molecule has 0 aliphatic carbocycles. The first-order valence-corrected chi connectivity index (χ1v) is 8.90. The Balaban J connectivity index is 1.54. The van der Waals surface area contributed by atoms with Crippen molar-refractivity contribution in [2.24, 2.45) is 5.92 Å². The second-order valence-electron chi connectivity index (χ2n) is 5.95. The van der Waals surface area contributed by atoms with Crippen LogP contribution >= 0.6 is 22.9 Å². The molecule has 0 spiro atoms. The molecule has 1 aromatic heterocycles. The van der Waals surface area contributed by atoms with Crippen molar-refractivity contribution >= 4 is 34.7 Å². The molecule has 0 bridgehead atoms. The lowest BCUT2D eigenvalue weighted by molar-refractivity contribution is 0.249. The number of rotatable bonds is 4. The van der Waals surface area contributed by atoms with Gasteiger partial charge in [0.25, 0.3) is 0 Å². The summed E-state index contributed by atoms with van der Waals surface area (Å²) in [5.41, 5.74) is 0.741. The summed E-state index contributed by atoms with van der Waals surface area (Å²) in [6.07, 6.45) is 0. The summed E-state index contributed by atoms with van der Waals surface area (Å²) in [6, 6.07) is 11.2.